The van der Waals surface area contributed by atoms with Gasteiger partial charge in [0, 0.05) is 42.3 Å². The predicted octanol–water partition coefficient (Wildman–Crippen LogP) is 3.17. The van der Waals surface area contributed by atoms with Gasteiger partial charge < -0.3 is 15.6 Å². The maximum atomic E-state index is 13.1. The van der Waals surface area contributed by atoms with Crippen LogP contribution in [0, 0.1) is 0 Å². The van der Waals surface area contributed by atoms with Crippen LogP contribution >= 0.6 is 0 Å². The van der Waals surface area contributed by atoms with E-state index in [1.54, 1.807) is 0 Å². The zero-order chi connectivity index (χ0) is 21.9. The first kappa shape index (κ1) is 20.8. The standard InChI is InChI=1S/C26H30N4O2/c31-25-21-9-10-22-24(20(21)12-14-27-25)19(16-29-22)11-13-28-26(32)23-8-4-5-15-30(23)17-18-6-2-1-3-7-18/h1-3,6-7,9-10,16,23,29H,4-5,8,11-15,17H2,(H,27,31)(H,28,32). The monoisotopic (exact) mass is 430 g/mol. The van der Waals surface area contributed by atoms with Gasteiger partial charge in [0.15, 0.2) is 0 Å². The smallest absolute Gasteiger partial charge is 0.251 e. The molecule has 0 saturated carbocycles. The summed E-state index contributed by atoms with van der Waals surface area (Å²) >= 11 is 0. The van der Waals surface area contributed by atoms with Gasteiger partial charge in [0.1, 0.15) is 0 Å². The average molecular weight is 431 g/mol. The van der Waals surface area contributed by atoms with Gasteiger partial charge in [-0.25, -0.2) is 0 Å². The molecule has 3 heterocycles. The number of amides is 2. The molecule has 0 aliphatic carbocycles. The highest BCUT2D eigenvalue weighted by atomic mass is 16.2. The maximum Gasteiger partial charge on any atom is 0.251 e. The molecule has 6 nitrogen and oxygen atoms in total. The molecule has 6 heteroatoms. The van der Waals surface area contributed by atoms with E-state index in [2.05, 4.69) is 44.8 Å². The second kappa shape index (κ2) is 9.17. The number of carbonyl (C=O) groups is 2. The molecule has 2 aliphatic heterocycles. The van der Waals surface area contributed by atoms with Crippen molar-refractivity contribution in [2.75, 3.05) is 19.6 Å². The van der Waals surface area contributed by atoms with Crippen molar-refractivity contribution in [2.24, 2.45) is 0 Å². The minimum absolute atomic E-state index is 0.00408. The van der Waals surface area contributed by atoms with Crippen LogP contribution in [0.15, 0.2) is 48.7 Å². The fraction of sp³-hybridized carbons (Fsp3) is 0.385. The molecule has 166 valence electrons. The van der Waals surface area contributed by atoms with Crippen LogP contribution in [0.3, 0.4) is 0 Å². The molecule has 1 aromatic heterocycles. The van der Waals surface area contributed by atoms with E-state index in [1.807, 2.05) is 24.4 Å². The van der Waals surface area contributed by atoms with Crippen LogP contribution in [0.25, 0.3) is 10.9 Å². The molecular formula is C26H30N4O2. The lowest BCUT2D eigenvalue weighted by Crippen LogP contribution is -2.49. The van der Waals surface area contributed by atoms with Gasteiger partial charge in [0.25, 0.3) is 5.91 Å². The first-order valence-corrected chi connectivity index (χ1v) is 11.7. The third-order valence-corrected chi connectivity index (χ3v) is 6.78. The van der Waals surface area contributed by atoms with E-state index < -0.39 is 0 Å². The molecule has 1 saturated heterocycles. The number of fused-ring (bicyclic) bond motifs is 3. The summed E-state index contributed by atoms with van der Waals surface area (Å²) in [6.07, 6.45) is 6.76. The Hall–Kier alpha value is -3.12. The predicted molar refractivity (Wildman–Crippen MR) is 126 cm³/mol. The molecule has 1 atom stereocenters. The maximum absolute atomic E-state index is 13.1. The molecule has 0 bridgehead atoms. The van der Waals surface area contributed by atoms with Gasteiger partial charge in [0.05, 0.1) is 6.04 Å². The second-order valence-corrected chi connectivity index (χ2v) is 8.84. The number of benzene rings is 2. The van der Waals surface area contributed by atoms with E-state index in [-0.39, 0.29) is 17.9 Å². The summed E-state index contributed by atoms with van der Waals surface area (Å²) in [5, 5.41) is 7.25. The average Bonchev–Trinajstić information content (AvgIpc) is 3.24. The Balaban J connectivity index is 1.25. The van der Waals surface area contributed by atoms with Gasteiger partial charge in [-0.05, 0) is 61.1 Å². The van der Waals surface area contributed by atoms with Crippen LogP contribution in [-0.2, 0) is 24.2 Å². The van der Waals surface area contributed by atoms with Crippen LogP contribution in [0.4, 0.5) is 0 Å². The molecule has 5 rings (SSSR count). The van der Waals surface area contributed by atoms with Crippen LogP contribution < -0.4 is 10.6 Å². The largest absolute Gasteiger partial charge is 0.361 e. The van der Waals surface area contributed by atoms with Crippen LogP contribution in [0.1, 0.15) is 46.3 Å². The lowest BCUT2D eigenvalue weighted by Gasteiger charge is -2.34. The number of likely N-dealkylation sites (tertiary alicyclic amines) is 1. The van der Waals surface area contributed by atoms with Gasteiger partial charge in [-0.1, -0.05) is 36.8 Å². The van der Waals surface area contributed by atoms with Crippen molar-refractivity contribution >= 4 is 22.7 Å². The highest BCUT2D eigenvalue weighted by Crippen LogP contribution is 2.28. The minimum atomic E-state index is -0.0663. The van der Waals surface area contributed by atoms with Crippen molar-refractivity contribution in [3.05, 3.63) is 70.9 Å². The molecule has 0 spiro atoms. The first-order valence-electron chi connectivity index (χ1n) is 11.7. The van der Waals surface area contributed by atoms with Crippen molar-refractivity contribution < 1.29 is 9.59 Å². The summed E-state index contributed by atoms with van der Waals surface area (Å²) in [5.41, 5.74) is 5.36. The lowest BCUT2D eigenvalue weighted by molar-refractivity contribution is -0.127. The molecule has 2 aromatic carbocycles. The van der Waals surface area contributed by atoms with Crippen molar-refractivity contribution in [1.29, 1.82) is 0 Å². The minimum Gasteiger partial charge on any atom is -0.361 e. The number of aromatic amines is 1. The number of hydrogen-bond donors (Lipinski definition) is 3. The third kappa shape index (κ3) is 4.15. The number of nitrogens with one attached hydrogen (secondary N) is 3. The molecule has 1 unspecified atom stereocenters. The highest BCUT2D eigenvalue weighted by Gasteiger charge is 2.28. The van der Waals surface area contributed by atoms with Gasteiger partial charge in [0.2, 0.25) is 5.91 Å². The van der Waals surface area contributed by atoms with Crippen molar-refractivity contribution in [1.82, 2.24) is 20.5 Å². The van der Waals surface area contributed by atoms with Gasteiger partial charge in [-0.15, -0.1) is 0 Å². The van der Waals surface area contributed by atoms with Gasteiger partial charge >= 0.3 is 0 Å². The molecule has 1 fully saturated rings. The van der Waals surface area contributed by atoms with Crippen LogP contribution in [0.5, 0.6) is 0 Å². The highest BCUT2D eigenvalue weighted by molar-refractivity contribution is 6.02. The first-order chi connectivity index (χ1) is 15.7. The number of aromatic nitrogens is 1. The summed E-state index contributed by atoms with van der Waals surface area (Å²) in [5.74, 6) is 0.131. The van der Waals surface area contributed by atoms with E-state index in [0.29, 0.717) is 13.1 Å². The molecule has 32 heavy (non-hydrogen) atoms. The number of carbonyl (C=O) groups excluding carboxylic acids is 2. The second-order valence-electron chi connectivity index (χ2n) is 8.84. The fourth-order valence-corrected chi connectivity index (χ4v) is 5.17. The Bertz CT molecular complexity index is 1120. The number of piperidine rings is 1. The Morgan fingerprint density at radius 2 is 2.00 bits per heavy atom. The van der Waals surface area contributed by atoms with Crippen molar-refractivity contribution in [3.8, 4) is 0 Å². The van der Waals surface area contributed by atoms with E-state index >= 15 is 0 Å². The van der Waals surface area contributed by atoms with Crippen molar-refractivity contribution in [2.45, 2.75) is 44.7 Å². The lowest BCUT2D eigenvalue weighted by atomic mass is 9.94. The van der Waals surface area contributed by atoms with E-state index in [1.165, 1.54) is 5.56 Å². The van der Waals surface area contributed by atoms with E-state index in [4.69, 9.17) is 0 Å². The molecule has 3 N–H and O–H groups in total. The number of H-pyrrole nitrogens is 1. The number of hydrogen-bond acceptors (Lipinski definition) is 3. The number of rotatable bonds is 6. The molecule has 2 aliphatic rings. The molecular weight excluding hydrogens is 400 g/mol. The topological polar surface area (TPSA) is 77.2 Å². The van der Waals surface area contributed by atoms with E-state index in [0.717, 1.165) is 72.8 Å². The zero-order valence-electron chi connectivity index (χ0n) is 18.3. The quantitative estimate of drug-likeness (QED) is 0.562. The Morgan fingerprint density at radius 3 is 2.88 bits per heavy atom. The molecule has 3 aromatic rings. The normalized spacial score (nSPS) is 18.9. The molecule has 2 amide bonds. The summed E-state index contributed by atoms with van der Waals surface area (Å²) in [6.45, 7) is 3.04. The van der Waals surface area contributed by atoms with Gasteiger partial charge in [-0.3, -0.25) is 14.5 Å². The van der Waals surface area contributed by atoms with Crippen LogP contribution in [-0.4, -0.2) is 47.4 Å². The third-order valence-electron chi connectivity index (χ3n) is 6.78. The van der Waals surface area contributed by atoms with E-state index in [9.17, 15) is 9.59 Å². The Kier molecular flexibility index (Phi) is 5.95. The number of nitrogens with zero attached hydrogens (tertiary/aromatic N) is 1. The summed E-state index contributed by atoms with van der Waals surface area (Å²) in [7, 11) is 0. The van der Waals surface area contributed by atoms with Crippen LogP contribution in [0.2, 0.25) is 0 Å². The Labute approximate surface area is 188 Å². The SMILES string of the molecule is O=C1NCCc2c1ccc1[nH]cc(CCNC(=O)C3CCCCN3Cc3ccccc3)c21. The summed E-state index contributed by atoms with van der Waals surface area (Å²) in [6, 6.07) is 14.2. The summed E-state index contributed by atoms with van der Waals surface area (Å²) in [4.78, 5) is 30.9. The van der Waals surface area contributed by atoms with Gasteiger partial charge in [-0.2, -0.15) is 0 Å². The Morgan fingerprint density at radius 1 is 1.12 bits per heavy atom. The molecule has 0 radical (unpaired) electrons. The summed E-state index contributed by atoms with van der Waals surface area (Å²) < 4.78 is 0. The van der Waals surface area contributed by atoms with Crippen molar-refractivity contribution in [3.63, 3.8) is 0 Å². The fourth-order valence-electron chi connectivity index (χ4n) is 5.17. The zero-order valence-corrected chi connectivity index (χ0v) is 18.3.